The van der Waals surface area contributed by atoms with Crippen LogP contribution in [0, 0.1) is 0 Å². The summed E-state index contributed by atoms with van der Waals surface area (Å²) in [4.78, 5) is 9.02. The first-order valence-electron chi connectivity index (χ1n) is 7.34. The first-order chi connectivity index (χ1) is 9.81. The first kappa shape index (κ1) is 15.8. The van der Waals surface area contributed by atoms with Crippen LogP contribution in [0.25, 0.3) is 0 Å². The van der Waals surface area contributed by atoms with Crippen molar-refractivity contribution in [2.75, 3.05) is 35.7 Å². The molecule has 1 aliphatic heterocycles. The predicted molar refractivity (Wildman–Crippen MR) is 91.2 cm³/mol. The van der Waals surface area contributed by atoms with Crippen molar-refractivity contribution in [3.8, 4) is 0 Å². The summed E-state index contributed by atoms with van der Waals surface area (Å²) in [6, 6.07) is 2.02. The van der Waals surface area contributed by atoms with E-state index in [2.05, 4.69) is 39.3 Å². The standard InChI is InChI=1S/C14H24N4S2/c1-3-7-15-12-9-13(18-14(17-12)19-2)16-10-11-6-4-5-8-20-11/h9,11H,3-8,10H2,1-2H3,(H2,15,16,17,18). The fourth-order valence-corrected chi connectivity index (χ4v) is 3.76. The Balaban J connectivity index is 1.94. The van der Waals surface area contributed by atoms with Gasteiger partial charge in [0, 0.05) is 24.4 Å². The third-order valence-corrected chi connectivity index (χ3v) is 5.18. The number of hydrogen-bond acceptors (Lipinski definition) is 6. The zero-order valence-corrected chi connectivity index (χ0v) is 13.9. The summed E-state index contributed by atoms with van der Waals surface area (Å²) in [5.74, 6) is 3.16. The van der Waals surface area contributed by atoms with Crippen molar-refractivity contribution >= 4 is 35.2 Å². The summed E-state index contributed by atoms with van der Waals surface area (Å²) in [5, 5.41) is 8.37. The number of nitrogens with one attached hydrogen (secondary N) is 2. The Hall–Kier alpha value is -0.620. The molecular formula is C14H24N4S2. The SMILES string of the molecule is CCCNc1cc(NCC2CCCCS2)nc(SC)n1. The molecule has 0 bridgehead atoms. The minimum atomic E-state index is 0.725. The zero-order chi connectivity index (χ0) is 14.2. The van der Waals surface area contributed by atoms with Gasteiger partial charge in [0.25, 0.3) is 0 Å². The van der Waals surface area contributed by atoms with Gasteiger partial charge in [-0.1, -0.05) is 25.1 Å². The Morgan fingerprint density at radius 1 is 1.30 bits per heavy atom. The molecule has 1 atom stereocenters. The van der Waals surface area contributed by atoms with Gasteiger partial charge in [0.15, 0.2) is 5.16 Å². The fourth-order valence-electron chi connectivity index (χ4n) is 2.14. The fraction of sp³-hybridized carbons (Fsp3) is 0.714. The molecule has 2 N–H and O–H groups in total. The summed E-state index contributed by atoms with van der Waals surface area (Å²) in [6.45, 7) is 4.11. The van der Waals surface area contributed by atoms with Crippen LogP contribution in [0.2, 0.25) is 0 Å². The van der Waals surface area contributed by atoms with Gasteiger partial charge in [-0.15, -0.1) is 0 Å². The molecule has 1 aromatic rings. The number of rotatable bonds is 7. The van der Waals surface area contributed by atoms with Crippen molar-refractivity contribution in [1.29, 1.82) is 0 Å². The summed E-state index contributed by atoms with van der Waals surface area (Å²) in [6.07, 6.45) is 7.16. The molecule has 0 saturated carbocycles. The van der Waals surface area contributed by atoms with Gasteiger partial charge in [-0.2, -0.15) is 11.8 Å². The van der Waals surface area contributed by atoms with Crippen molar-refractivity contribution in [3.63, 3.8) is 0 Å². The van der Waals surface area contributed by atoms with Crippen LogP contribution in [0.5, 0.6) is 0 Å². The van der Waals surface area contributed by atoms with Crippen LogP contribution < -0.4 is 10.6 Å². The Bertz CT molecular complexity index is 408. The van der Waals surface area contributed by atoms with Crippen LogP contribution >= 0.6 is 23.5 Å². The van der Waals surface area contributed by atoms with Crippen molar-refractivity contribution < 1.29 is 0 Å². The molecule has 20 heavy (non-hydrogen) atoms. The highest BCUT2D eigenvalue weighted by Crippen LogP contribution is 2.25. The van der Waals surface area contributed by atoms with Crippen LogP contribution in [-0.2, 0) is 0 Å². The quantitative estimate of drug-likeness (QED) is 0.591. The first-order valence-corrected chi connectivity index (χ1v) is 9.61. The van der Waals surface area contributed by atoms with Crippen molar-refractivity contribution in [1.82, 2.24) is 9.97 Å². The van der Waals surface area contributed by atoms with Gasteiger partial charge in [0.05, 0.1) is 0 Å². The molecule has 2 rings (SSSR count). The third kappa shape index (κ3) is 5.05. The minimum absolute atomic E-state index is 0.725. The average molecular weight is 313 g/mol. The van der Waals surface area contributed by atoms with Crippen LogP contribution in [-0.4, -0.2) is 40.3 Å². The number of anilines is 2. The highest BCUT2D eigenvalue weighted by atomic mass is 32.2. The molecule has 0 amide bonds. The van der Waals surface area contributed by atoms with E-state index in [9.17, 15) is 0 Å². The molecule has 6 heteroatoms. The lowest BCUT2D eigenvalue weighted by Gasteiger charge is -2.21. The molecule has 1 fully saturated rings. The minimum Gasteiger partial charge on any atom is -0.370 e. The molecule has 112 valence electrons. The van der Waals surface area contributed by atoms with Gasteiger partial charge in [-0.3, -0.25) is 0 Å². The van der Waals surface area contributed by atoms with E-state index in [1.54, 1.807) is 11.8 Å². The van der Waals surface area contributed by atoms with E-state index in [1.807, 2.05) is 12.3 Å². The number of aromatic nitrogens is 2. The number of thioether (sulfide) groups is 2. The van der Waals surface area contributed by atoms with Crippen LogP contribution in [0.15, 0.2) is 11.2 Å². The smallest absolute Gasteiger partial charge is 0.191 e. The van der Waals surface area contributed by atoms with E-state index < -0.39 is 0 Å². The lowest BCUT2D eigenvalue weighted by molar-refractivity contribution is 0.676. The molecule has 2 heterocycles. The van der Waals surface area contributed by atoms with E-state index in [1.165, 1.54) is 25.0 Å². The monoisotopic (exact) mass is 312 g/mol. The molecule has 1 unspecified atom stereocenters. The summed E-state index contributed by atoms with van der Waals surface area (Å²) >= 11 is 3.67. The van der Waals surface area contributed by atoms with Gasteiger partial charge < -0.3 is 10.6 Å². The van der Waals surface area contributed by atoms with E-state index in [0.29, 0.717) is 0 Å². The van der Waals surface area contributed by atoms with E-state index in [4.69, 9.17) is 0 Å². The van der Waals surface area contributed by atoms with Gasteiger partial charge >= 0.3 is 0 Å². The van der Waals surface area contributed by atoms with Gasteiger partial charge in [0.1, 0.15) is 11.6 Å². The van der Waals surface area contributed by atoms with E-state index in [-0.39, 0.29) is 0 Å². The van der Waals surface area contributed by atoms with Crippen LogP contribution in [0.3, 0.4) is 0 Å². The second kappa shape index (κ2) is 8.62. The normalized spacial score (nSPS) is 18.8. The van der Waals surface area contributed by atoms with Crippen LogP contribution in [0.4, 0.5) is 11.6 Å². The maximum atomic E-state index is 4.54. The lowest BCUT2D eigenvalue weighted by Crippen LogP contribution is -2.20. The number of hydrogen-bond donors (Lipinski definition) is 2. The van der Waals surface area contributed by atoms with Gasteiger partial charge in [0.2, 0.25) is 0 Å². The summed E-state index contributed by atoms with van der Waals surface area (Å²) in [7, 11) is 0. The molecule has 1 saturated heterocycles. The maximum absolute atomic E-state index is 4.54. The van der Waals surface area contributed by atoms with Gasteiger partial charge in [-0.05, 0) is 31.3 Å². The molecule has 0 aliphatic carbocycles. The molecular weight excluding hydrogens is 288 g/mol. The number of nitrogens with zero attached hydrogens (tertiary/aromatic N) is 2. The summed E-state index contributed by atoms with van der Waals surface area (Å²) < 4.78 is 0. The topological polar surface area (TPSA) is 49.8 Å². The lowest BCUT2D eigenvalue weighted by atomic mass is 10.2. The van der Waals surface area contributed by atoms with Crippen molar-refractivity contribution in [3.05, 3.63) is 6.07 Å². The highest BCUT2D eigenvalue weighted by Gasteiger charge is 2.14. The Morgan fingerprint density at radius 3 is 2.75 bits per heavy atom. The molecule has 1 aliphatic rings. The highest BCUT2D eigenvalue weighted by molar-refractivity contribution is 8.00. The predicted octanol–water partition coefficient (Wildman–Crippen LogP) is 3.72. The molecule has 1 aromatic heterocycles. The van der Waals surface area contributed by atoms with Crippen molar-refractivity contribution in [2.24, 2.45) is 0 Å². The average Bonchev–Trinajstić information content (AvgIpc) is 2.51. The second-order valence-corrected chi connectivity index (χ2v) is 7.10. The molecule has 0 spiro atoms. The molecule has 4 nitrogen and oxygen atoms in total. The van der Waals surface area contributed by atoms with Crippen molar-refractivity contribution in [2.45, 2.75) is 43.0 Å². The van der Waals surface area contributed by atoms with E-state index in [0.717, 1.165) is 41.6 Å². The Labute approximate surface area is 130 Å². The third-order valence-electron chi connectivity index (χ3n) is 3.23. The Kier molecular flexibility index (Phi) is 6.79. The Morgan fingerprint density at radius 2 is 2.10 bits per heavy atom. The second-order valence-electron chi connectivity index (χ2n) is 4.92. The zero-order valence-electron chi connectivity index (χ0n) is 12.3. The maximum Gasteiger partial charge on any atom is 0.191 e. The molecule has 0 aromatic carbocycles. The summed E-state index contributed by atoms with van der Waals surface area (Å²) in [5.41, 5.74) is 0. The molecule has 0 radical (unpaired) electrons. The van der Waals surface area contributed by atoms with Crippen LogP contribution in [0.1, 0.15) is 32.6 Å². The largest absolute Gasteiger partial charge is 0.370 e. The van der Waals surface area contributed by atoms with Gasteiger partial charge in [-0.25, -0.2) is 9.97 Å². The van der Waals surface area contributed by atoms with E-state index >= 15 is 0 Å².